The van der Waals surface area contributed by atoms with Gasteiger partial charge in [-0.1, -0.05) is 6.07 Å². The molecule has 1 saturated heterocycles. The molecule has 1 aliphatic rings. The molecule has 0 saturated carbocycles. The third kappa shape index (κ3) is 4.25. The van der Waals surface area contributed by atoms with Crippen LogP contribution in [0.4, 0.5) is 0 Å². The number of ether oxygens (including phenoxy) is 1. The van der Waals surface area contributed by atoms with E-state index in [2.05, 4.69) is 4.98 Å². The van der Waals surface area contributed by atoms with Crippen molar-refractivity contribution in [1.29, 1.82) is 0 Å². The molecule has 0 spiro atoms. The molecule has 1 aromatic heterocycles. The molecule has 2 rings (SSSR count). The number of esters is 1. The van der Waals surface area contributed by atoms with E-state index >= 15 is 0 Å². The van der Waals surface area contributed by atoms with Gasteiger partial charge in [-0.2, -0.15) is 0 Å². The SMILES string of the molecule is COC(=O)C1CCCN(S(=O)(=O)CCc2ccccn2)C1. The molecule has 116 valence electrons. The normalized spacial score (nSPS) is 20.1. The lowest BCUT2D eigenvalue weighted by Crippen LogP contribution is -2.43. The Morgan fingerprint density at radius 1 is 1.48 bits per heavy atom. The van der Waals surface area contributed by atoms with Gasteiger partial charge in [-0.25, -0.2) is 12.7 Å². The molecule has 1 unspecified atom stereocenters. The first-order valence-corrected chi connectivity index (χ1v) is 8.59. The summed E-state index contributed by atoms with van der Waals surface area (Å²) in [6.45, 7) is 0.690. The summed E-state index contributed by atoms with van der Waals surface area (Å²) in [4.78, 5) is 15.7. The van der Waals surface area contributed by atoms with Crippen LogP contribution in [-0.4, -0.2) is 49.6 Å². The Bertz CT molecular complexity index is 574. The molecule has 1 aromatic rings. The highest BCUT2D eigenvalue weighted by molar-refractivity contribution is 7.89. The van der Waals surface area contributed by atoms with Crippen molar-refractivity contribution < 1.29 is 17.9 Å². The van der Waals surface area contributed by atoms with Gasteiger partial charge in [0.05, 0.1) is 18.8 Å². The second-order valence-corrected chi connectivity index (χ2v) is 7.20. The summed E-state index contributed by atoms with van der Waals surface area (Å²) in [6, 6.07) is 5.44. The number of hydrogen-bond acceptors (Lipinski definition) is 5. The van der Waals surface area contributed by atoms with Crippen molar-refractivity contribution >= 4 is 16.0 Å². The highest BCUT2D eigenvalue weighted by Gasteiger charge is 2.32. The van der Waals surface area contributed by atoms with Crippen LogP contribution in [0.3, 0.4) is 0 Å². The predicted molar refractivity (Wildman–Crippen MR) is 78.0 cm³/mol. The van der Waals surface area contributed by atoms with Crippen molar-refractivity contribution in [3.05, 3.63) is 30.1 Å². The number of rotatable bonds is 5. The summed E-state index contributed by atoms with van der Waals surface area (Å²) >= 11 is 0. The van der Waals surface area contributed by atoms with Gasteiger partial charge in [0.1, 0.15) is 0 Å². The summed E-state index contributed by atoms with van der Waals surface area (Å²) in [7, 11) is -2.04. The molecule has 0 aromatic carbocycles. The van der Waals surface area contributed by atoms with Gasteiger partial charge in [0.25, 0.3) is 0 Å². The predicted octanol–water partition coefficient (Wildman–Crippen LogP) is 0.839. The first kappa shape index (κ1) is 15.9. The number of piperidine rings is 1. The van der Waals surface area contributed by atoms with Crippen molar-refractivity contribution in [3.8, 4) is 0 Å². The van der Waals surface area contributed by atoms with Crippen LogP contribution in [0, 0.1) is 5.92 Å². The third-order valence-electron chi connectivity index (χ3n) is 3.65. The maximum atomic E-state index is 12.4. The lowest BCUT2D eigenvalue weighted by Gasteiger charge is -2.30. The van der Waals surface area contributed by atoms with Crippen molar-refractivity contribution in [2.45, 2.75) is 19.3 Å². The average molecular weight is 312 g/mol. The molecule has 6 nitrogen and oxygen atoms in total. The Balaban J connectivity index is 1.97. The van der Waals surface area contributed by atoms with Gasteiger partial charge in [-0.3, -0.25) is 9.78 Å². The Labute approximate surface area is 125 Å². The molecule has 0 N–H and O–H groups in total. The Hall–Kier alpha value is -1.47. The molecule has 1 atom stereocenters. The van der Waals surface area contributed by atoms with E-state index in [1.54, 1.807) is 12.3 Å². The molecular formula is C14H20N2O4S. The number of aryl methyl sites for hydroxylation is 1. The monoisotopic (exact) mass is 312 g/mol. The second kappa shape index (κ2) is 7.00. The third-order valence-corrected chi connectivity index (χ3v) is 5.49. The number of pyridine rings is 1. The van der Waals surface area contributed by atoms with Gasteiger partial charge in [-0.05, 0) is 25.0 Å². The van der Waals surface area contributed by atoms with Crippen LogP contribution >= 0.6 is 0 Å². The smallest absolute Gasteiger partial charge is 0.309 e. The number of nitrogens with zero attached hydrogens (tertiary/aromatic N) is 2. The molecule has 0 radical (unpaired) electrons. The molecule has 1 aliphatic heterocycles. The van der Waals surface area contributed by atoms with Crippen LogP contribution in [0.1, 0.15) is 18.5 Å². The van der Waals surface area contributed by atoms with E-state index < -0.39 is 10.0 Å². The van der Waals surface area contributed by atoms with Crippen molar-refractivity contribution in [1.82, 2.24) is 9.29 Å². The van der Waals surface area contributed by atoms with E-state index in [0.717, 1.165) is 5.69 Å². The molecule has 0 aliphatic carbocycles. The van der Waals surface area contributed by atoms with E-state index in [9.17, 15) is 13.2 Å². The molecular weight excluding hydrogens is 292 g/mol. The van der Waals surface area contributed by atoms with E-state index in [0.29, 0.717) is 25.8 Å². The standard InChI is InChI=1S/C14H20N2O4S/c1-20-14(17)12-5-4-9-16(11-12)21(18,19)10-7-13-6-2-3-8-15-13/h2-3,6,8,12H,4-5,7,9-11H2,1H3. The van der Waals surface area contributed by atoms with Gasteiger partial charge in [-0.15, -0.1) is 0 Å². The number of sulfonamides is 1. The van der Waals surface area contributed by atoms with Crippen molar-refractivity contribution in [3.63, 3.8) is 0 Å². The number of carbonyl (C=O) groups is 1. The molecule has 2 heterocycles. The number of carbonyl (C=O) groups excluding carboxylic acids is 1. The summed E-state index contributed by atoms with van der Waals surface area (Å²) in [5, 5.41) is 0. The maximum absolute atomic E-state index is 12.4. The van der Waals surface area contributed by atoms with Crippen molar-refractivity contribution in [2.24, 2.45) is 5.92 Å². The highest BCUT2D eigenvalue weighted by atomic mass is 32.2. The minimum absolute atomic E-state index is 0.0118. The van der Waals surface area contributed by atoms with Crippen LogP contribution in [0.25, 0.3) is 0 Å². The second-order valence-electron chi connectivity index (χ2n) is 5.11. The maximum Gasteiger partial charge on any atom is 0.309 e. The minimum Gasteiger partial charge on any atom is -0.469 e. The zero-order valence-electron chi connectivity index (χ0n) is 12.1. The highest BCUT2D eigenvalue weighted by Crippen LogP contribution is 2.20. The number of methoxy groups -OCH3 is 1. The summed E-state index contributed by atoms with van der Waals surface area (Å²) < 4.78 is 30.8. The zero-order chi connectivity index (χ0) is 15.3. The first-order chi connectivity index (χ1) is 10.0. The lowest BCUT2D eigenvalue weighted by atomic mass is 10.0. The summed E-state index contributed by atoms with van der Waals surface area (Å²) in [6.07, 6.45) is 3.39. The Morgan fingerprint density at radius 3 is 2.95 bits per heavy atom. The van der Waals surface area contributed by atoms with E-state index in [1.807, 2.05) is 12.1 Å². The van der Waals surface area contributed by atoms with Crippen LogP contribution in [-0.2, 0) is 26.0 Å². The number of aromatic nitrogens is 1. The van der Waals surface area contributed by atoms with E-state index in [4.69, 9.17) is 4.74 Å². The minimum atomic E-state index is -3.37. The van der Waals surface area contributed by atoms with E-state index in [1.165, 1.54) is 11.4 Å². The fourth-order valence-corrected chi connectivity index (χ4v) is 4.00. The van der Waals surface area contributed by atoms with Crippen LogP contribution in [0.15, 0.2) is 24.4 Å². The largest absolute Gasteiger partial charge is 0.469 e. The molecule has 0 amide bonds. The van der Waals surface area contributed by atoms with Gasteiger partial charge >= 0.3 is 5.97 Å². The molecule has 7 heteroatoms. The van der Waals surface area contributed by atoms with Gasteiger partial charge in [0.15, 0.2) is 0 Å². The van der Waals surface area contributed by atoms with Crippen LogP contribution in [0.2, 0.25) is 0 Å². The molecule has 0 bridgehead atoms. The quantitative estimate of drug-likeness (QED) is 0.753. The van der Waals surface area contributed by atoms with Gasteiger partial charge in [0.2, 0.25) is 10.0 Å². The van der Waals surface area contributed by atoms with Gasteiger partial charge in [0, 0.05) is 31.4 Å². The van der Waals surface area contributed by atoms with Crippen LogP contribution in [0.5, 0.6) is 0 Å². The number of hydrogen-bond donors (Lipinski definition) is 0. The lowest BCUT2D eigenvalue weighted by molar-refractivity contribution is -0.146. The Kier molecular flexibility index (Phi) is 5.30. The van der Waals surface area contributed by atoms with Gasteiger partial charge < -0.3 is 4.74 Å². The zero-order valence-corrected chi connectivity index (χ0v) is 12.9. The molecule has 21 heavy (non-hydrogen) atoms. The van der Waals surface area contributed by atoms with E-state index in [-0.39, 0.29) is 24.2 Å². The fourth-order valence-electron chi connectivity index (χ4n) is 2.46. The van der Waals surface area contributed by atoms with Crippen molar-refractivity contribution in [2.75, 3.05) is 26.0 Å². The first-order valence-electron chi connectivity index (χ1n) is 6.98. The fraction of sp³-hybridized carbons (Fsp3) is 0.571. The summed E-state index contributed by atoms with van der Waals surface area (Å²) in [5.74, 6) is -0.675. The summed E-state index contributed by atoms with van der Waals surface area (Å²) in [5.41, 5.74) is 0.752. The molecule has 1 fully saturated rings. The van der Waals surface area contributed by atoms with Crippen LogP contribution < -0.4 is 0 Å². The average Bonchev–Trinajstić information content (AvgIpc) is 2.53. The Morgan fingerprint density at radius 2 is 2.29 bits per heavy atom. The topological polar surface area (TPSA) is 76.6 Å².